The molecule has 1 atom stereocenters. The van der Waals surface area contributed by atoms with Crippen molar-refractivity contribution in [2.24, 2.45) is 0 Å². The zero-order valence-corrected chi connectivity index (χ0v) is 15.3. The molecule has 6 heteroatoms. The first kappa shape index (κ1) is 17.2. The van der Waals surface area contributed by atoms with Crippen LogP contribution in [0.4, 0.5) is 9.18 Å². The van der Waals surface area contributed by atoms with E-state index in [-0.39, 0.29) is 5.82 Å². The SMILES string of the molecule is O=C1NC(c2ccccc2)=C(c2nc3ccccc3[nH]2)C(c2ccccc2F)N1. The zero-order valence-electron chi connectivity index (χ0n) is 15.3. The largest absolute Gasteiger partial charge is 0.338 e. The molecule has 0 saturated heterocycles. The van der Waals surface area contributed by atoms with Gasteiger partial charge in [0.2, 0.25) is 0 Å². The molecule has 2 amide bonds. The summed E-state index contributed by atoms with van der Waals surface area (Å²) in [7, 11) is 0. The van der Waals surface area contributed by atoms with E-state index in [4.69, 9.17) is 4.98 Å². The van der Waals surface area contributed by atoms with Crippen LogP contribution in [0.3, 0.4) is 0 Å². The van der Waals surface area contributed by atoms with E-state index < -0.39 is 12.1 Å². The molecule has 0 radical (unpaired) electrons. The number of urea groups is 1. The van der Waals surface area contributed by atoms with Crippen molar-refractivity contribution in [2.75, 3.05) is 0 Å². The Morgan fingerprint density at radius 3 is 2.38 bits per heavy atom. The van der Waals surface area contributed by atoms with Crippen LogP contribution >= 0.6 is 0 Å². The number of hydrogen-bond donors (Lipinski definition) is 3. The van der Waals surface area contributed by atoms with E-state index in [9.17, 15) is 9.18 Å². The molecule has 0 aliphatic carbocycles. The van der Waals surface area contributed by atoms with Gasteiger partial charge in [0.1, 0.15) is 11.6 Å². The Morgan fingerprint density at radius 2 is 1.59 bits per heavy atom. The van der Waals surface area contributed by atoms with Gasteiger partial charge in [0.15, 0.2) is 0 Å². The molecule has 2 heterocycles. The predicted molar refractivity (Wildman–Crippen MR) is 110 cm³/mol. The van der Waals surface area contributed by atoms with Gasteiger partial charge in [-0.3, -0.25) is 0 Å². The summed E-state index contributed by atoms with van der Waals surface area (Å²) in [5.74, 6) is 0.187. The third-order valence-corrected chi connectivity index (χ3v) is 5.00. The van der Waals surface area contributed by atoms with Gasteiger partial charge in [-0.25, -0.2) is 14.2 Å². The minimum Gasteiger partial charge on any atom is -0.338 e. The number of rotatable bonds is 3. The molecular weight excluding hydrogens is 367 g/mol. The molecule has 0 saturated carbocycles. The van der Waals surface area contributed by atoms with Gasteiger partial charge >= 0.3 is 6.03 Å². The maximum Gasteiger partial charge on any atom is 0.320 e. The third kappa shape index (κ3) is 3.04. The van der Waals surface area contributed by atoms with Crippen LogP contribution in [0, 0.1) is 5.82 Å². The summed E-state index contributed by atoms with van der Waals surface area (Å²) in [4.78, 5) is 20.5. The molecule has 5 nitrogen and oxygen atoms in total. The summed E-state index contributed by atoms with van der Waals surface area (Å²) < 4.78 is 14.7. The quantitative estimate of drug-likeness (QED) is 0.482. The van der Waals surface area contributed by atoms with Gasteiger partial charge < -0.3 is 15.6 Å². The Morgan fingerprint density at radius 1 is 0.862 bits per heavy atom. The zero-order chi connectivity index (χ0) is 19.8. The molecule has 1 unspecified atom stereocenters. The van der Waals surface area contributed by atoms with Gasteiger partial charge in [-0.2, -0.15) is 0 Å². The number of benzene rings is 3. The Bertz CT molecular complexity index is 1210. The van der Waals surface area contributed by atoms with Crippen LogP contribution in [0.2, 0.25) is 0 Å². The lowest BCUT2D eigenvalue weighted by atomic mass is 9.92. The Hall–Kier alpha value is -3.93. The monoisotopic (exact) mass is 384 g/mol. The molecule has 1 aromatic heterocycles. The average Bonchev–Trinajstić information content (AvgIpc) is 3.18. The van der Waals surface area contributed by atoms with Gasteiger partial charge in [-0.1, -0.05) is 60.7 Å². The summed E-state index contributed by atoms with van der Waals surface area (Å²) in [6.07, 6.45) is 0. The summed E-state index contributed by atoms with van der Waals surface area (Å²) in [6, 6.07) is 22.5. The van der Waals surface area contributed by atoms with Crippen LogP contribution in [0.5, 0.6) is 0 Å². The number of halogens is 1. The molecule has 4 aromatic rings. The van der Waals surface area contributed by atoms with Crippen molar-refractivity contribution in [2.45, 2.75) is 6.04 Å². The first-order valence-electron chi connectivity index (χ1n) is 9.27. The van der Waals surface area contributed by atoms with Crippen molar-refractivity contribution < 1.29 is 9.18 Å². The second-order valence-corrected chi connectivity index (χ2v) is 6.81. The maximum absolute atomic E-state index is 14.7. The van der Waals surface area contributed by atoms with Crippen molar-refractivity contribution in [3.8, 4) is 0 Å². The number of hydrogen-bond acceptors (Lipinski definition) is 2. The second-order valence-electron chi connectivity index (χ2n) is 6.81. The number of para-hydroxylation sites is 2. The third-order valence-electron chi connectivity index (χ3n) is 5.00. The number of aromatic amines is 1. The maximum atomic E-state index is 14.7. The van der Waals surface area contributed by atoms with Crippen LogP contribution < -0.4 is 10.6 Å². The lowest BCUT2D eigenvalue weighted by Crippen LogP contribution is -2.43. The Labute approximate surface area is 166 Å². The molecule has 29 heavy (non-hydrogen) atoms. The van der Waals surface area contributed by atoms with Gasteiger partial charge in [0.25, 0.3) is 0 Å². The van der Waals surface area contributed by atoms with E-state index >= 15 is 0 Å². The Balaban J connectivity index is 1.79. The number of imidazole rings is 1. The Kier molecular flexibility index (Phi) is 4.09. The van der Waals surface area contributed by atoms with Crippen molar-refractivity contribution in [3.63, 3.8) is 0 Å². The highest BCUT2D eigenvalue weighted by Crippen LogP contribution is 2.38. The van der Waals surface area contributed by atoms with Crippen LogP contribution in [0.1, 0.15) is 23.0 Å². The lowest BCUT2D eigenvalue weighted by molar-refractivity contribution is 0.242. The first-order valence-corrected chi connectivity index (χ1v) is 9.27. The average molecular weight is 384 g/mol. The van der Waals surface area contributed by atoms with Crippen LogP contribution in [-0.4, -0.2) is 16.0 Å². The molecule has 0 fully saturated rings. The highest BCUT2D eigenvalue weighted by Gasteiger charge is 2.33. The van der Waals surface area contributed by atoms with Crippen LogP contribution in [0.25, 0.3) is 22.3 Å². The number of carbonyl (C=O) groups excluding carboxylic acids is 1. The molecule has 0 bridgehead atoms. The van der Waals surface area contributed by atoms with E-state index in [0.29, 0.717) is 22.7 Å². The minimum atomic E-state index is -0.694. The van der Waals surface area contributed by atoms with E-state index in [1.807, 2.05) is 54.6 Å². The highest BCUT2D eigenvalue weighted by atomic mass is 19.1. The van der Waals surface area contributed by atoms with E-state index in [2.05, 4.69) is 15.6 Å². The molecule has 5 rings (SSSR count). The molecule has 142 valence electrons. The summed E-state index contributed by atoms with van der Waals surface area (Å²) in [6.45, 7) is 0. The van der Waals surface area contributed by atoms with E-state index in [1.165, 1.54) is 6.07 Å². The fraction of sp³-hybridized carbons (Fsp3) is 0.0435. The molecule has 0 spiro atoms. The van der Waals surface area contributed by atoms with Crippen LogP contribution in [0.15, 0.2) is 78.9 Å². The van der Waals surface area contributed by atoms with Gasteiger partial charge in [0.05, 0.1) is 22.8 Å². The number of nitrogens with one attached hydrogen (secondary N) is 3. The molecule has 1 aliphatic rings. The van der Waals surface area contributed by atoms with E-state index in [1.54, 1.807) is 18.2 Å². The normalized spacial score (nSPS) is 16.6. The number of H-pyrrole nitrogens is 1. The minimum absolute atomic E-state index is 0.381. The fourth-order valence-corrected chi connectivity index (χ4v) is 3.67. The fourth-order valence-electron chi connectivity index (χ4n) is 3.67. The number of aromatic nitrogens is 2. The van der Waals surface area contributed by atoms with Gasteiger partial charge in [0, 0.05) is 11.1 Å². The predicted octanol–water partition coefficient (Wildman–Crippen LogP) is 4.62. The number of nitrogens with zero attached hydrogens (tertiary/aromatic N) is 1. The van der Waals surface area contributed by atoms with Crippen molar-refractivity contribution in [3.05, 3.63) is 102 Å². The van der Waals surface area contributed by atoms with Crippen molar-refractivity contribution in [1.29, 1.82) is 0 Å². The number of carbonyl (C=O) groups is 1. The van der Waals surface area contributed by atoms with Crippen molar-refractivity contribution in [1.82, 2.24) is 20.6 Å². The van der Waals surface area contributed by atoms with Crippen molar-refractivity contribution >= 4 is 28.3 Å². The lowest BCUT2D eigenvalue weighted by Gasteiger charge is -2.30. The summed E-state index contributed by atoms with van der Waals surface area (Å²) in [5, 5.41) is 5.75. The van der Waals surface area contributed by atoms with Gasteiger partial charge in [-0.05, 0) is 23.8 Å². The standard InChI is InChI=1S/C23H17FN4O/c24-16-11-5-4-10-15(16)21-19(22-25-17-12-6-7-13-18(17)26-22)20(27-23(29)28-21)14-8-2-1-3-9-14/h1-13,21H,(H,25,26)(H2,27,28,29). The smallest absolute Gasteiger partial charge is 0.320 e. The molecule has 3 aromatic carbocycles. The summed E-state index contributed by atoms with van der Waals surface area (Å²) >= 11 is 0. The van der Waals surface area contributed by atoms with Crippen LogP contribution in [-0.2, 0) is 0 Å². The molecular formula is C23H17FN4O. The topological polar surface area (TPSA) is 69.8 Å². The summed E-state index contributed by atoms with van der Waals surface area (Å²) in [5.41, 5.74) is 4.14. The molecule has 3 N–H and O–H groups in total. The first-order chi connectivity index (χ1) is 14.2. The number of fused-ring (bicyclic) bond motifs is 1. The van der Waals surface area contributed by atoms with Gasteiger partial charge in [-0.15, -0.1) is 0 Å². The highest BCUT2D eigenvalue weighted by molar-refractivity contribution is 6.02. The number of amides is 2. The molecule has 1 aliphatic heterocycles. The second kappa shape index (κ2) is 6.91. The van der Waals surface area contributed by atoms with E-state index in [0.717, 1.165) is 16.6 Å².